The summed E-state index contributed by atoms with van der Waals surface area (Å²) in [7, 11) is 3.13. The summed E-state index contributed by atoms with van der Waals surface area (Å²) in [6.07, 6.45) is 0. The first-order valence-electron chi connectivity index (χ1n) is 4.37. The number of hydrogen-bond acceptors (Lipinski definition) is 2. The average molecular weight is 269 g/mol. The van der Waals surface area contributed by atoms with Crippen LogP contribution in [0.25, 0.3) is 10.9 Å². The summed E-state index contributed by atoms with van der Waals surface area (Å²) in [6, 6.07) is 5.26. The van der Waals surface area contributed by atoms with Gasteiger partial charge in [0.2, 0.25) is 0 Å². The fourth-order valence-corrected chi connectivity index (χ4v) is 1.91. The lowest BCUT2D eigenvalue weighted by Gasteiger charge is -2.06. The predicted octanol–water partition coefficient (Wildman–Crippen LogP) is 1.000. The normalized spacial score (nSPS) is 10.9. The highest BCUT2D eigenvalue weighted by Crippen LogP contribution is 2.15. The zero-order valence-electron chi connectivity index (χ0n) is 8.32. The Bertz CT molecular complexity index is 655. The molecule has 0 spiro atoms. The monoisotopic (exact) mass is 268 g/mol. The van der Waals surface area contributed by atoms with Crippen molar-refractivity contribution in [2.45, 2.75) is 0 Å². The van der Waals surface area contributed by atoms with Gasteiger partial charge in [0, 0.05) is 18.6 Å². The van der Waals surface area contributed by atoms with Crippen molar-refractivity contribution in [2.24, 2.45) is 14.1 Å². The molecule has 0 saturated heterocycles. The SMILES string of the molecule is Cn1c(=O)c2ccc(Br)cc2n(C)c1=O. The van der Waals surface area contributed by atoms with Crippen LogP contribution in [0.5, 0.6) is 0 Å². The molecule has 78 valence electrons. The van der Waals surface area contributed by atoms with Gasteiger partial charge in [0.25, 0.3) is 5.56 Å². The van der Waals surface area contributed by atoms with Gasteiger partial charge in [0.15, 0.2) is 0 Å². The van der Waals surface area contributed by atoms with E-state index >= 15 is 0 Å². The quantitative estimate of drug-likeness (QED) is 0.716. The van der Waals surface area contributed by atoms with Crippen LogP contribution in [0, 0.1) is 0 Å². The molecule has 15 heavy (non-hydrogen) atoms. The largest absolute Gasteiger partial charge is 0.330 e. The van der Waals surface area contributed by atoms with Crippen LogP contribution in [0.4, 0.5) is 0 Å². The molecule has 0 fully saturated rings. The third-order valence-electron chi connectivity index (χ3n) is 2.43. The highest BCUT2D eigenvalue weighted by molar-refractivity contribution is 9.10. The first-order valence-corrected chi connectivity index (χ1v) is 5.17. The Balaban J connectivity index is 3.15. The van der Waals surface area contributed by atoms with Gasteiger partial charge in [-0.15, -0.1) is 0 Å². The smallest absolute Gasteiger partial charge is 0.296 e. The summed E-state index contributed by atoms with van der Waals surface area (Å²) < 4.78 is 3.41. The highest BCUT2D eigenvalue weighted by atomic mass is 79.9. The Morgan fingerprint density at radius 3 is 2.47 bits per heavy atom. The van der Waals surface area contributed by atoms with Crippen molar-refractivity contribution in [3.05, 3.63) is 43.5 Å². The third-order valence-corrected chi connectivity index (χ3v) is 2.92. The van der Waals surface area contributed by atoms with E-state index in [-0.39, 0.29) is 11.2 Å². The molecular weight excluding hydrogens is 260 g/mol. The molecule has 0 saturated carbocycles. The molecule has 1 heterocycles. The van der Waals surface area contributed by atoms with Crippen molar-refractivity contribution in [2.75, 3.05) is 0 Å². The minimum Gasteiger partial charge on any atom is -0.296 e. The summed E-state index contributed by atoms with van der Waals surface area (Å²) in [5.41, 5.74) is 0.0590. The summed E-state index contributed by atoms with van der Waals surface area (Å²) in [5, 5.41) is 0.544. The second-order valence-electron chi connectivity index (χ2n) is 3.37. The molecule has 0 aliphatic heterocycles. The number of hydrogen-bond donors (Lipinski definition) is 0. The molecule has 2 aromatic rings. The first-order chi connectivity index (χ1) is 7.02. The minimum absolute atomic E-state index is 0.263. The van der Waals surface area contributed by atoms with Crippen LogP contribution in [0.3, 0.4) is 0 Å². The molecule has 0 amide bonds. The molecule has 0 atom stereocenters. The molecule has 0 N–H and O–H groups in total. The van der Waals surface area contributed by atoms with Crippen molar-refractivity contribution >= 4 is 26.8 Å². The second-order valence-corrected chi connectivity index (χ2v) is 4.28. The zero-order valence-corrected chi connectivity index (χ0v) is 9.91. The van der Waals surface area contributed by atoms with Crippen molar-refractivity contribution in [1.82, 2.24) is 9.13 Å². The van der Waals surface area contributed by atoms with E-state index in [1.807, 2.05) is 0 Å². The molecule has 0 unspecified atom stereocenters. The maximum atomic E-state index is 11.7. The fourth-order valence-electron chi connectivity index (χ4n) is 1.56. The summed E-state index contributed by atoms with van der Waals surface area (Å²) >= 11 is 3.31. The van der Waals surface area contributed by atoms with Gasteiger partial charge in [-0.2, -0.15) is 0 Å². The molecule has 0 radical (unpaired) electrons. The molecule has 1 aromatic carbocycles. The van der Waals surface area contributed by atoms with Crippen LogP contribution in [-0.2, 0) is 14.1 Å². The number of rotatable bonds is 0. The van der Waals surface area contributed by atoms with Gasteiger partial charge in [0.1, 0.15) is 0 Å². The molecule has 4 nitrogen and oxygen atoms in total. The number of benzene rings is 1. The molecular formula is C10H9BrN2O2. The van der Waals surface area contributed by atoms with Crippen LogP contribution < -0.4 is 11.2 Å². The molecule has 5 heteroatoms. The number of fused-ring (bicyclic) bond motifs is 1. The first kappa shape index (κ1) is 10.2. The van der Waals surface area contributed by atoms with Gasteiger partial charge in [0.05, 0.1) is 10.9 Å². The van der Waals surface area contributed by atoms with E-state index in [4.69, 9.17) is 0 Å². The van der Waals surface area contributed by atoms with Crippen LogP contribution in [0.1, 0.15) is 0 Å². The average Bonchev–Trinajstić information content (AvgIpc) is 2.23. The lowest BCUT2D eigenvalue weighted by atomic mass is 10.2. The second kappa shape index (κ2) is 3.34. The Morgan fingerprint density at radius 2 is 1.80 bits per heavy atom. The summed E-state index contributed by atoms with van der Waals surface area (Å²) in [6.45, 7) is 0. The third kappa shape index (κ3) is 1.43. The van der Waals surface area contributed by atoms with Crippen LogP contribution in [0.15, 0.2) is 32.3 Å². The Morgan fingerprint density at radius 1 is 1.13 bits per heavy atom. The number of nitrogens with zero attached hydrogens (tertiary/aromatic N) is 2. The van der Waals surface area contributed by atoms with Crippen LogP contribution in [-0.4, -0.2) is 9.13 Å². The Hall–Kier alpha value is -1.36. The Labute approximate surface area is 93.9 Å². The van der Waals surface area contributed by atoms with E-state index in [9.17, 15) is 9.59 Å². The standard InChI is InChI=1S/C10H9BrN2O2/c1-12-8-5-6(11)3-4-7(8)9(14)13(2)10(12)15/h3-5H,1-2H3. The van der Waals surface area contributed by atoms with Crippen LogP contribution >= 0.6 is 15.9 Å². The van der Waals surface area contributed by atoms with Gasteiger partial charge in [-0.3, -0.25) is 13.9 Å². The van der Waals surface area contributed by atoms with Gasteiger partial charge in [-0.1, -0.05) is 15.9 Å². The topological polar surface area (TPSA) is 44.0 Å². The summed E-state index contributed by atoms with van der Waals surface area (Å²) in [5.74, 6) is 0. The van der Waals surface area contributed by atoms with Crippen molar-refractivity contribution in [3.63, 3.8) is 0 Å². The lowest BCUT2D eigenvalue weighted by Crippen LogP contribution is -2.36. The van der Waals surface area contributed by atoms with Gasteiger partial charge >= 0.3 is 5.69 Å². The fraction of sp³-hybridized carbons (Fsp3) is 0.200. The maximum Gasteiger partial charge on any atom is 0.330 e. The maximum absolute atomic E-state index is 11.7. The van der Waals surface area contributed by atoms with E-state index in [1.54, 1.807) is 25.2 Å². The zero-order chi connectivity index (χ0) is 11.2. The molecule has 0 aliphatic carbocycles. The van der Waals surface area contributed by atoms with E-state index in [0.29, 0.717) is 10.9 Å². The van der Waals surface area contributed by atoms with Crippen molar-refractivity contribution in [1.29, 1.82) is 0 Å². The van der Waals surface area contributed by atoms with Gasteiger partial charge < -0.3 is 0 Å². The molecule has 2 rings (SSSR count). The summed E-state index contributed by atoms with van der Waals surface area (Å²) in [4.78, 5) is 23.4. The van der Waals surface area contributed by atoms with Crippen molar-refractivity contribution in [3.8, 4) is 0 Å². The molecule has 0 aliphatic rings. The van der Waals surface area contributed by atoms with Gasteiger partial charge in [-0.25, -0.2) is 4.79 Å². The van der Waals surface area contributed by atoms with E-state index in [2.05, 4.69) is 15.9 Å². The van der Waals surface area contributed by atoms with E-state index in [1.165, 1.54) is 11.6 Å². The lowest BCUT2D eigenvalue weighted by molar-refractivity contribution is 0.713. The van der Waals surface area contributed by atoms with E-state index in [0.717, 1.165) is 9.04 Å². The van der Waals surface area contributed by atoms with Crippen LogP contribution in [0.2, 0.25) is 0 Å². The number of aryl methyl sites for hydroxylation is 1. The predicted molar refractivity (Wildman–Crippen MR) is 62.1 cm³/mol. The van der Waals surface area contributed by atoms with E-state index < -0.39 is 0 Å². The molecule has 1 aromatic heterocycles. The number of halogens is 1. The Kier molecular flexibility index (Phi) is 2.26. The van der Waals surface area contributed by atoms with Crippen molar-refractivity contribution < 1.29 is 0 Å². The van der Waals surface area contributed by atoms with Gasteiger partial charge in [-0.05, 0) is 18.2 Å². The molecule has 0 bridgehead atoms. The minimum atomic E-state index is -0.314. The number of aromatic nitrogens is 2. The highest BCUT2D eigenvalue weighted by Gasteiger charge is 2.07.